The molecule has 110 valence electrons. The molecule has 0 spiro atoms. The maximum Gasteiger partial charge on any atom is 0.182 e. The second-order valence-electron chi connectivity index (χ2n) is 5.25. The molecular formula is C16H15BrO3S. The molecule has 1 saturated carbocycles. The Bertz CT molecular complexity index is 726. The molecule has 3 rings (SSSR count). The highest BCUT2D eigenvalue weighted by atomic mass is 79.9. The van der Waals surface area contributed by atoms with Gasteiger partial charge in [-0.3, -0.25) is 0 Å². The summed E-state index contributed by atoms with van der Waals surface area (Å²) in [7, 11) is -3.41. The fourth-order valence-electron chi connectivity index (χ4n) is 2.87. The highest BCUT2D eigenvalue weighted by Gasteiger charge is 2.58. The molecule has 0 aromatic heterocycles. The summed E-state index contributed by atoms with van der Waals surface area (Å²) < 4.78 is 26.3. The fourth-order valence-corrected chi connectivity index (χ4v) is 5.36. The minimum atomic E-state index is -3.41. The van der Waals surface area contributed by atoms with Crippen LogP contribution in [-0.4, -0.2) is 25.4 Å². The van der Waals surface area contributed by atoms with Crippen molar-refractivity contribution < 1.29 is 13.5 Å². The van der Waals surface area contributed by atoms with Gasteiger partial charge in [0.1, 0.15) is 0 Å². The lowest BCUT2D eigenvalue weighted by Gasteiger charge is -2.04. The Morgan fingerprint density at radius 3 is 2.19 bits per heavy atom. The molecule has 1 aliphatic carbocycles. The van der Waals surface area contributed by atoms with Gasteiger partial charge in [0, 0.05) is 22.9 Å². The molecule has 0 saturated heterocycles. The minimum absolute atomic E-state index is 0.114. The van der Waals surface area contributed by atoms with Crippen LogP contribution in [0, 0.1) is 5.92 Å². The van der Waals surface area contributed by atoms with Crippen LogP contribution in [0.25, 0.3) is 0 Å². The number of aliphatic hydroxyl groups is 1. The van der Waals surface area contributed by atoms with E-state index in [0.29, 0.717) is 4.90 Å². The first kappa shape index (κ1) is 14.8. The molecule has 0 heterocycles. The Kier molecular flexibility index (Phi) is 3.90. The van der Waals surface area contributed by atoms with Gasteiger partial charge in [-0.25, -0.2) is 8.42 Å². The van der Waals surface area contributed by atoms with Gasteiger partial charge in [-0.15, -0.1) is 0 Å². The van der Waals surface area contributed by atoms with Crippen molar-refractivity contribution in [2.45, 2.75) is 16.1 Å². The van der Waals surface area contributed by atoms with E-state index >= 15 is 0 Å². The smallest absolute Gasteiger partial charge is 0.182 e. The Morgan fingerprint density at radius 2 is 1.62 bits per heavy atom. The van der Waals surface area contributed by atoms with E-state index in [1.54, 1.807) is 30.3 Å². The molecule has 1 fully saturated rings. The number of halogens is 1. The van der Waals surface area contributed by atoms with E-state index < -0.39 is 15.1 Å². The zero-order chi connectivity index (χ0) is 15.0. The van der Waals surface area contributed by atoms with Crippen LogP contribution in [-0.2, 0) is 9.84 Å². The quantitative estimate of drug-likeness (QED) is 0.904. The maximum absolute atomic E-state index is 12.7. The van der Waals surface area contributed by atoms with E-state index in [2.05, 4.69) is 15.9 Å². The summed E-state index contributed by atoms with van der Waals surface area (Å²) in [6.45, 7) is -0.114. The molecule has 2 aromatic rings. The van der Waals surface area contributed by atoms with Crippen molar-refractivity contribution in [3.05, 3.63) is 64.6 Å². The van der Waals surface area contributed by atoms with Crippen LogP contribution in [0.1, 0.15) is 11.5 Å². The minimum Gasteiger partial charge on any atom is -0.396 e. The van der Waals surface area contributed by atoms with Gasteiger partial charge < -0.3 is 5.11 Å². The molecule has 0 unspecified atom stereocenters. The monoisotopic (exact) mass is 366 g/mol. The number of hydrogen-bond acceptors (Lipinski definition) is 3. The molecule has 2 aromatic carbocycles. The van der Waals surface area contributed by atoms with Crippen LogP contribution in [0.4, 0.5) is 0 Å². The molecule has 1 N–H and O–H groups in total. The van der Waals surface area contributed by atoms with E-state index in [9.17, 15) is 13.5 Å². The largest absolute Gasteiger partial charge is 0.396 e. The van der Waals surface area contributed by atoms with Crippen LogP contribution in [0.15, 0.2) is 64.0 Å². The average molecular weight is 367 g/mol. The summed E-state index contributed by atoms with van der Waals surface area (Å²) in [6, 6.07) is 16.1. The molecule has 0 radical (unpaired) electrons. The average Bonchev–Trinajstić information content (AvgIpc) is 3.24. The van der Waals surface area contributed by atoms with Crippen molar-refractivity contribution in [3.63, 3.8) is 0 Å². The van der Waals surface area contributed by atoms with Gasteiger partial charge in [0.25, 0.3) is 0 Å². The highest BCUT2D eigenvalue weighted by Crippen LogP contribution is 2.53. The topological polar surface area (TPSA) is 54.4 Å². The van der Waals surface area contributed by atoms with E-state index in [1.807, 2.05) is 24.3 Å². The molecule has 3 nitrogen and oxygen atoms in total. The normalized spacial score (nSPS) is 24.8. The van der Waals surface area contributed by atoms with Crippen molar-refractivity contribution in [2.75, 3.05) is 6.61 Å². The second kappa shape index (κ2) is 5.55. The second-order valence-corrected chi connectivity index (χ2v) is 8.27. The first-order valence-corrected chi connectivity index (χ1v) is 9.05. The van der Waals surface area contributed by atoms with Crippen molar-refractivity contribution in [3.8, 4) is 0 Å². The van der Waals surface area contributed by atoms with Crippen LogP contribution in [0.5, 0.6) is 0 Å². The number of hydrogen-bond donors (Lipinski definition) is 1. The molecule has 0 aliphatic heterocycles. The SMILES string of the molecule is O=S(=O)(c1ccccc1)[C@H]1[C@@H](CO)[C@@H]1c1ccc(Br)cc1. The predicted molar refractivity (Wildman–Crippen MR) is 84.9 cm³/mol. The fraction of sp³-hybridized carbons (Fsp3) is 0.250. The Morgan fingerprint density at radius 1 is 1.00 bits per heavy atom. The summed E-state index contributed by atoms with van der Waals surface area (Å²) >= 11 is 3.37. The molecule has 3 atom stereocenters. The molecular weight excluding hydrogens is 352 g/mol. The zero-order valence-electron chi connectivity index (χ0n) is 11.2. The van der Waals surface area contributed by atoms with Crippen molar-refractivity contribution in [1.82, 2.24) is 0 Å². The zero-order valence-corrected chi connectivity index (χ0v) is 13.6. The number of benzene rings is 2. The van der Waals surface area contributed by atoms with Gasteiger partial charge >= 0.3 is 0 Å². The third kappa shape index (κ3) is 2.65. The first-order chi connectivity index (χ1) is 10.1. The summed E-state index contributed by atoms with van der Waals surface area (Å²) in [5.41, 5.74) is 0.960. The predicted octanol–water partition coefficient (Wildman–Crippen LogP) is 3.00. The first-order valence-electron chi connectivity index (χ1n) is 6.71. The lowest BCUT2D eigenvalue weighted by atomic mass is 10.1. The van der Waals surface area contributed by atoms with Gasteiger partial charge in [-0.1, -0.05) is 46.3 Å². The van der Waals surface area contributed by atoms with E-state index in [-0.39, 0.29) is 18.4 Å². The molecule has 1 aliphatic rings. The van der Waals surface area contributed by atoms with E-state index in [1.165, 1.54) is 0 Å². The third-order valence-corrected chi connectivity index (χ3v) is 6.81. The number of aliphatic hydroxyl groups excluding tert-OH is 1. The van der Waals surface area contributed by atoms with Gasteiger partial charge in [0.2, 0.25) is 0 Å². The summed E-state index contributed by atoms with van der Waals surface area (Å²) in [4.78, 5) is 0.327. The van der Waals surface area contributed by atoms with Gasteiger partial charge in [-0.2, -0.15) is 0 Å². The Balaban J connectivity index is 1.94. The van der Waals surface area contributed by atoms with Crippen molar-refractivity contribution in [2.24, 2.45) is 5.92 Å². The standard InChI is InChI=1S/C16H15BrO3S/c17-12-8-6-11(7-9-12)15-14(10-18)16(15)21(19,20)13-4-2-1-3-5-13/h1-9,14-16,18H,10H2/t14-,15-,16-/m0/s1. The van der Waals surface area contributed by atoms with Gasteiger partial charge in [0.05, 0.1) is 10.1 Å². The summed E-state index contributed by atoms with van der Waals surface area (Å²) in [5.74, 6) is -0.357. The summed E-state index contributed by atoms with van der Waals surface area (Å²) in [6.07, 6.45) is 0. The van der Waals surface area contributed by atoms with E-state index in [0.717, 1.165) is 10.0 Å². The molecule has 0 bridgehead atoms. The highest BCUT2D eigenvalue weighted by molar-refractivity contribution is 9.10. The third-order valence-electron chi connectivity index (χ3n) is 3.99. The molecule has 0 amide bonds. The van der Waals surface area contributed by atoms with Crippen LogP contribution < -0.4 is 0 Å². The van der Waals surface area contributed by atoms with Crippen LogP contribution in [0.3, 0.4) is 0 Å². The lowest BCUT2D eigenvalue weighted by Crippen LogP contribution is -2.11. The van der Waals surface area contributed by atoms with Crippen molar-refractivity contribution >= 4 is 25.8 Å². The molecule has 21 heavy (non-hydrogen) atoms. The molecule has 5 heteroatoms. The Labute approximate surface area is 132 Å². The van der Waals surface area contributed by atoms with Crippen LogP contribution >= 0.6 is 15.9 Å². The van der Waals surface area contributed by atoms with Gasteiger partial charge in [0.15, 0.2) is 9.84 Å². The number of sulfone groups is 1. The van der Waals surface area contributed by atoms with Crippen LogP contribution in [0.2, 0.25) is 0 Å². The lowest BCUT2D eigenvalue weighted by molar-refractivity contribution is 0.274. The van der Waals surface area contributed by atoms with Gasteiger partial charge in [-0.05, 0) is 29.8 Å². The number of rotatable bonds is 4. The van der Waals surface area contributed by atoms with Crippen molar-refractivity contribution in [1.29, 1.82) is 0 Å². The summed E-state index contributed by atoms with van der Waals surface area (Å²) in [5, 5.41) is 8.96. The Hall–Kier alpha value is -1.17. The van der Waals surface area contributed by atoms with E-state index in [4.69, 9.17) is 0 Å². The maximum atomic E-state index is 12.7.